The number of piperazine rings is 1. The predicted octanol–water partition coefficient (Wildman–Crippen LogP) is 3.85. The zero-order chi connectivity index (χ0) is 20.3. The van der Waals surface area contributed by atoms with Gasteiger partial charge in [-0.05, 0) is 25.0 Å². The highest BCUT2D eigenvalue weighted by molar-refractivity contribution is 5.77. The molecule has 4 rings (SSSR count). The van der Waals surface area contributed by atoms with Gasteiger partial charge in [-0.15, -0.1) is 0 Å². The normalized spacial score (nSPS) is 20.8. The standard InChI is InChI=1S/C23H27N3O3/c1-23(2)17-29-21(24-23)26-14-13-25(15-20(26)19-11-7-4-8-12-19)22(27)28-16-18-9-5-3-6-10-18/h3-12,20H,13-17H2,1-2H3. The van der Waals surface area contributed by atoms with Crippen molar-refractivity contribution in [1.29, 1.82) is 0 Å². The van der Waals surface area contributed by atoms with Crippen LogP contribution in [0.25, 0.3) is 0 Å². The minimum atomic E-state index is -0.288. The average molecular weight is 393 g/mol. The van der Waals surface area contributed by atoms with E-state index in [9.17, 15) is 4.79 Å². The highest BCUT2D eigenvalue weighted by Gasteiger charge is 2.37. The van der Waals surface area contributed by atoms with Gasteiger partial charge in [0.05, 0.1) is 11.6 Å². The molecule has 0 saturated carbocycles. The highest BCUT2D eigenvalue weighted by atomic mass is 16.6. The molecule has 2 aromatic carbocycles. The Bertz CT molecular complexity index is 867. The molecule has 6 heteroatoms. The zero-order valence-electron chi connectivity index (χ0n) is 17.0. The Hall–Kier alpha value is -3.02. The van der Waals surface area contributed by atoms with E-state index in [0.717, 1.165) is 11.1 Å². The lowest BCUT2D eigenvalue weighted by molar-refractivity contribution is 0.0610. The van der Waals surface area contributed by atoms with Crippen LogP contribution in [0.2, 0.25) is 0 Å². The van der Waals surface area contributed by atoms with Crippen molar-refractivity contribution in [3.8, 4) is 0 Å². The largest absolute Gasteiger partial charge is 0.463 e. The van der Waals surface area contributed by atoms with Gasteiger partial charge in [-0.25, -0.2) is 9.79 Å². The lowest BCUT2D eigenvalue weighted by Gasteiger charge is -2.41. The van der Waals surface area contributed by atoms with Crippen molar-refractivity contribution in [2.45, 2.75) is 32.0 Å². The van der Waals surface area contributed by atoms with Gasteiger partial charge in [0, 0.05) is 19.6 Å². The zero-order valence-corrected chi connectivity index (χ0v) is 17.0. The Balaban J connectivity index is 1.48. The molecule has 29 heavy (non-hydrogen) atoms. The van der Waals surface area contributed by atoms with E-state index < -0.39 is 0 Å². The molecule has 1 atom stereocenters. The number of carbonyl (C=O) groups is 1. The van der Waals surface area contributed by atoms with Crippen molar-refractivity contribution < 1.29 is 14.3 Å². The summed E-state index contributed by atoms with van der Waals surface area (Å²) in [6.07, 6.45) is -0.288. The summed E-state index contributed by atoms with van der Waals surface area (Å²) in [5.74, 6) is 0. The molecule has 0 N–H and O–H groups in total. The summed E-state index contributed by atoms with van der Waals surface area (Å²) in [5.41, 5.74) is 1.89. The second-order valence-corrected chi connectivity index (χ2v) is 8.10. The lowest BCUT2D eigenvalue weighted by Crippen LogP contribution is -2.52. The van der Waals surface area contributed by atoms with Crippen molar-refractivity contribution in [3.05, 3.63) is 71.8 Å². The van der Waals surface area contributed by atoms with Crippen LogP contribution in [0.4, 0.5) is 4.79 Å². The first-order valence-electron chi connectivity index (χ1n) is 10.0. The van der Waals surface area contributed by atoms with E-state index in [1.54, 1.807) is 4.90 Å². The smallest absolute Gasteiger partial charge is 0.410 e. The summed E-state index contributed by atoms with van der Waals surface area (Å²) >= 11 is 0. The molecular formula is C23H27N3O3. The first-order chi connectivity index (χ1) is 14.0. The number of rotatable bonds is 3. The van der Waals surface area contributed by atoms with Crippen LogP contribution in [-0.4, -0.2) is 53.7 Å². The highest BCUT2D eigenvalue weighted by Crippen LogP contribution is 2.29. The minimum absolute atomic E-state index is 0.0260. The molecule has 2 aliphatic rings. The molecule has 2 heterocycles. The van der Waals surface area contributed by atoms with Crippen molar-refractivity contribution >= 4 is 12.1 Å². The molecule has 1 unspecified atom stereocenters. The van der Waals surface area contributed by atoms with Gasteiger partial charge in [-0.3, -0.25) is 0 Å². The second-order valence-electron chi connectivity index (χ2n) is 8.10. The van der Waals surface area contributed by atoms with E-state index in [4.69, 9.17) is 14.5 Å². The van der Waals surface area contributed by atoms with E-state index in [2.05, 4.69) is 30.9 Å². The SMILES string of the molecule is CC1(C)COC(N2CCN(C(=O)OCc3ccccc3)CC2c2ccccc2)=N1. The molecule has 0 spiro atoms. The van der Waals surface area contributed by atoms with Gasteiger partial charge in [0.15, 0.2) is 0 Å². The molecule has 2 aliphatic heterocycles. The van der Waals surface area contributed by atoms with Crippen LogP contribution in [-0.2, 0) is 16.1 Å². The molecule has 152 valence electrons. The number of benzene rings is 2. The maximum Gasteiger partial charge on any atom is 0.410 e. The van der Waals surface area contributed by atoms with Crippen LogP contribution in [0.5, 0.6) is 0 Å². The molecule has 6 nitrogen and oxygen atoms in total. The maximum atomic E-state index is 12.7. The summed E-state index contributed by atoms with van der Waals surface area (Å²) in [5, 5.41) is 0. The lowest BCUT2D eigenvalue weighted by atomic mass is 10.0. The maximum absolute atomic E-state index is 12.7. The van der Waals surface area contributed by atoms with Crippen molar-refractivity contribution in [1.82, 2.24) is 9.80 Å². The fraction of sp³-hybridized carbons (Fsp3) is 0.391. The van der Waals surface area contributed by atoms with E-state index >= 15 is 0 Å². The van der Waals surface area contributed by atoms with Crippen LogP contribution in [0.3, 0.4) is 0 Å². The number of carbonyl (C=O) groups excluding carboxylic acids is 1. The molecule has 0 bridgehead atoms. The van der Waals surface area contributed by atoms with Crippen LogP contribution in [0.1, 0.15) is 31.0 Å². The Kier molecular flexibility index (Phi) is 5.43. The number of amides is 1. The molecule has 0 aromatic heterocycles. The van der Waals surface area contributed by atoms with Gasteiger partial charge in [0.2, 0.25) is 0 Å². The fourth-order valence-electron chi connectivity index (χ4n) is 3.66. The van der Waals surface area contributed by atoms with Gasteiger partial charge >= 0.3 is 6.09 Å². The fourth-order valence-corrected chi connectivity index (χ4v) is 3.66. The second kappa shape index (κ2) is 8.15. The van der Waals surface area contributed by atoms with E-state index in [-0.39, 0.29) is 24.3 Å². The number of hydrogen-bond donors (Lipinski definition) is 0. The number of amidine groups is 1. The Labute approximate surface area is 171 Å². The average Bonchev–Trinajstić information content (AvgIpc) is 3.12. The molecule has 1 fully saturated rings. The van der Waals surface area contributed by atoms with Gasteiger partial charge in [-0.2, -0.15) is 0 Å². The van der Waals surface area contributed by atoms with Crippen molar-refractivity contribution in [2.24, 2.45) is 4.99 Å². The quantitative estimate of drug-likeness (QED) is 0.795. The molecular weight excluding hydrogens is 366 g/mol. The first kappa shape index (κ1) is 19.3. The van der Waals surface area contributed by atoms with E-state index in [1.807, 2.05) is 48.5 Å². The monoisotopic (exact) mass is 393 g/mol. The number of ether oxygens (including phenoxy) is 2. The number of aliphatic imine (C=N–C) groups is 1. The third kappa shape index (κ3) is 4.53. The summed E-state index contributed by atoms with van der Waals surface area (Å²) in [6.45, 7) is 6.72. The summed E-state index contributed by atoms with van der Waals surface area (Å²) in [7, 11) is 0. The van der Waals surface area contributed by atoms with E-state index in [0.29, 0.717) is 32.3 Å². The molecule has 2 aromatic rings. The van der Waals surface area contributed by atoms with Gasteiger partial charge in [0.25, 0.3) is 6.02 Å². The van der Waals surface area contributed by atoms with Gasteiger partial charge in [-0.1, -0.05) is 60.7 Å². The van der Waals surface area contributed by atoms with Gasteiger partial charge < -0.3 is 19.3 Å². The molecule has 1 saturated heterocycles. The van der Waals surface area contributed by atoms with Crippen molar-refractivity contribution in [3.63, 3.8) is 0 Å². The van der Waals surface area contributed by atoms with Crippen molar-refractivity contribution in [2.75, 3.05) is 26.2 Å². The molecule has 0 aliphatic carbocycles. The van der Waals surface area contributed by atoms with Crippen LogP contribution in [0.15, 0.2) is 65.7 Å². The Morgan fingerprint density at radius 3 is 2.45 bits per heavy atom. The summed E-state index contributed by atoms with van der Waals surface area (Å²) in [6, 6.07) is 20.6. The van der Waals surface area contributed by atoms with E-state index in [1.165, 1.54) is 0 Å². The summed E-state index contributed by atoms with van der Waals surface area (Å²) < 4.78 is 11.5. The first-order valence-corrected chi connectivity index (χ1v) is 10.0. The van der Waals surface area contributed by atoms with Crippen LogP contribution in [0, 0.1) is 0 Å². The Morgan fingerprint density at radius 2 is 1.79 bits per heavy atom. The molecule has 1 amide bonds. The van der Waals surface area contributed by atoms with Gasteiger partial charge in [0.1, 0.15) is 13.2 Å². The Morgan fingerprint density at radius 1 is 1.10 bits per heavy atom. The summed E-state index contributed by atoms with van der Waals surface area (Å²) in [4.78, 5) is 21.4. The third-order valence-electron chi connectivity index (χ3n) is 5.23. The number of nitrogens with zero attached hydrogens (tertiary/aromatic N) is 3. The third-order valence-corrected chi connectivity index (χ3v) is 5.23. The predicted molar refractivity (Wildman–Crippen MR) is 112 cm³/mol. The number of hydrogen-bond acceptors (Lipinski definition) is 5. The molecule has 0 radical (unpaired) electrons. The van der Waals surface area contributed by atoms with Crippen LogP contribution >= 0.6 is 0 Å². The minimum Gasteiger partial charge on any atom is -0.463 e. The topological polar surface area (TPSA) is 54.4 Å². The van der Waals surface area contributed by atoms with Crippen LogP contribution < -0.4 is 0 Å².